The van der Waals surface area contributed by atoms with E-state index in [0.717, 1.165) is 11.3 Å². The fourth-order valence-corrected chi connectivity index (χ4v) is 4.79. The van der Waals surface area contributed by atoms with Crippen molar-refractivity contribution in [2.45, 2.75) is 6.42 Å². The number of carbonyl (C=O) groups is 1. The van der Waals surface area contributed by atoms with Gasteiger partial charge in [0.2, 0.25) is 5.91 Å². The molecule has 0 bridgehead atoms. The molecular formula is C24H22Cl2N4O3. The average molecular weight is 485 g/mol. The molecule has 170 valence electrons. The minimum absolute atomic E-state index is 0.0731. The van der Waals surface area contributed by atoms with Gasteiger partial charge in [0.25, 0.3) is 5.56 Å². The van der Waals surface area contributed by atoms with Crippen LogP contribution in [-0.2, 0) is 11.2 Å². The number of anilines is 1. The predicted octanol–water partition coefficient (Wildman–Crippen LogP) is 3.44. The van der Waals surface area contributed by atoms with Gasteiger partial charge in [-0.15, -0.1) is 0 Å². The molecule has 2 aliphatic heterocycles. The summed E-state index contributed by atoms with van der Waals surface area (Å²) in [5, 5.41) is 5.08. The van der Waals surface area contributed by atoms with Crippen LogP contribution in [0.4, 0.5) is 5.69 Å². The van der Waals surface area contributed by atoms with Crippen LogP contribution in [0.1, 0.15) is 5.56 Å². The lowest BCUT2D eigenvalue weighted by atomic mass is 9.95. The Hall–Kier alpha value is -3.03. The molecule has 33 heavy (non-hydrogen) atoms. The lowest BCUT2D eigenvalue weighted by Crippen LogP contribution is -2.52. The number of ether oxygens (including phenoxy) is 1. The zero-order valence-corrected chi connectivity index (χ0v) is 19.3. The normalized spacial score (nSPS) is 17.9. The van der Waals surface area contributed by atoms with Crippen LogP contribution in [0, 0.1) is 5.92 Å². The van der Waals surface area contributed by atoms with Gasteiger partial charge in [-0.05, 0) is 42.3 Å². The summed E-state index contributed by atoms with van der Waals surface area (Å²) in [4.78, 5) is 29.8. The number of rotatable bonds is 3. The van der Waals surface area contributed by atoms with Gasteiger partial charge in [-0.2, -0.15) is 9.78 Å². The SMILES string of the molecule is O=C(C1COc2ccc(Cl)cc2C1)N1CCN(c2cnn(-c3ccccc3)c(=O)c2Cl)CC1. The Labute approximate surface area is 201 Å². The number of halogens is 2. The summed E-state index contributed by atoms with van der Waals surface area (Å²) < 4.78 is 7.08. The van der Waals surface area contributed by atoms with Gasteiger partial charge < -0.3 is 14.5 Å². The molecule has 0 radical (unpaired) electrons. The van der Waals surface area contributed by atoms with Crippen molar-refractivity contribution in [3.63, 3.8) is 0 Å². The van der Waals surface area contributed by atoms with Crippen LogP contribution in [0.5, 0.6) is 5.75 Å². The second kappa shape index (κ2) is 9.08. The first-order valence-corrected chi connectivity index (χ1v) is 11.5. The highest BCUT2D eigenvalue weighted by Gasteiger charge is 2.32. The summed E-state index contributed by atoms with van der Waals surface area (Å²) in [6.07, 6.45) is 2.23. The summed E-state index contributed by atoms with van der Waals surface area (Å²) in [7, 11) is 0. The van der Waals surface area contributed by atoms with E-state index in [1.807, 2.05) is 40.1 Å². The number of para-hydroxylation sites is 1. The molecule has 5 rings (SSSR count). The van der Waals surface area contributed by atoms with Crippen LogP contribution in [0.2, 0.25) is 10.0 Å². The molecule has 0 N–H and O–H groups in total. The molecular weight excluding hydrogens is 463 g/mol. The summed E-state index contributed by atoms with van der Waals surface area (Å²) >= 11 is 12.5. The van der Waals surface area contributed by atoms with Gasteiger partial charge in [0.1, 0.15) is 17.4 Å². The van der Waals surface area contributed by atoms with Crippen LogP contribution in [-0.4, -0.2) is 53.4 Å². The van der Waals surface area contributed by atoms with Crippen LogP contribution in [0.15, 0.2) is 59.5 Å². The number of hydrogen-bond acceptors (Lipinski definition) is 5. The monoisotopic (exact) mass is 484 g/mol. The maximum Gasteiger partial charge on any atom is 0.292 e. The van der Waals surface area contributed by atoms with Crippen molar-refractivity contribution in [3.8, 4) is 11.4 Å². The van der Waals surface area contributed by atoms with Crippen LogP contribution >= 0.6 is 23.2 Å². The van der Waals surface area contributed by atoms with E-state index in [0.29, 0.717) is 55.6 Å². The molecule has 3 heterocycles. The first-order valence-electron chi connectivity index (χ1n) is 10.8. The zero-order chi connectivity index (χ0) is 22.9. The Kier molecular flexibility index (Phi) is 6.00. The van der Waals surface area contributed by atoms with Crippen molar-refractivity contribution >= 4 is 34.8 Å². The molecule has 1 unspecified atom stereocenters. The first-order chi connectivity index (χ1) is 16.0. The number of benzene rings is 2. The quantitative estimate of drug-likeness (QED) is 0.569. The van der Waals surface area contributed by atoms with E-state index in [1.165, 1.54) is 4.68 Å². The molecule has 1 fully saturated rings. The van der Waals surface area contributed by atoms with Crippen molar-refractivity contribution < 1.29 is 9.53 Å². The van der Waals surface area contributed by atoms with Gasteiger partial charge in [-0.3, -0.25) is 9.59 Å². The first kappa shape index (κ1) is 21.8. The fourth-order valence-electron chi connectivity index (χ4n) is 4.35. The molecule has 1 amide bonds. The number of amides is 1. The third kappa shape index (κ3) is 4.30. The standard InChI is InChI=1S/C24H22Cl2N4O3/c25-18-6-7-21-16(13-18)12-17(15-33-21)23(31)29-10-8-28(9-11-29)20-14-27-30(24(32)22(20)26)19-4-2-1-3-5-19/h1-7,13-14,17H,8-12,15H2. The summed E-state index contributed by atoms with van der Waals surface area (Å²) in [6.45, 7) is 2.57. The molecule has 0 spiro atoms. The van der Waals surface area contributed by atoms with E-state index < -0.39 is 0 Å². The van der Waals surface area contributed by atoms with E-state index in [4.69, 9.17) is 27.9 Å². The third-order valence-electron chi connectivity index (χ3n) is 6.11. The Balaban J connectivity index is 1.25. The summed E-state index contributed by atoms with van der Waals surface area (Å²) in [5.41, 5.74) is 1.84. The molecule has 1 aromatic heterocycles. The maximum absolute atomic E-state index is 13.1. The predicted molar refractivity (Wildman–Crippen MR) is 128 cm³/mol. The van der Waals surface area contributed by atoms with Crippen LogP contribution < -0.4 is 15.2 Å². The second-order valence-electron chi connectivity index (χ2n) is 8.17. The number of aromatic nitrogens is 2. The molecule has 9 heteroatoms. The lowest BCUT2D eigenvalue weighted by Gasteiger charge is -2.38. The Morgan fingerprint density at radius 2 is 1.79 bits per heavy atom. The van der Waals surface area contributed by atoms with Gasteiger partial charge in [-0.1, -0.05) is 41.4 Å². The van der Waals surface area contributed by atoms with Gasteiger partial charge in [0.15, 0.2) is 0 Å². The molecule has 3 aromatic rings. The van der Waals surface area contributed by atoms with E-state index in [1.54, 1.807) is 24.4 Å². The summed E-state index contributed by atoms with van der Waals surface area (Å²) in [6, 6.07) is 14.7. The highest BCUT2D eigenvalue weighted by molar-refractivity contribution is 6.33. The van der Waals surface area contributed by atoms with E-state index in [-0.39, 0.29) is 22.4 Å². The number of fused-ring (bicyclic) bond motifs is 1. The molecule has 7 nitrogen and oxygen atoms in total. The van der Waals surface area contributed by atoms with Gasteiger partial charge in [-0.25, -0.2) is 0 Å². The minimum Gasteiger partial charge on any atom is -0.492 e. The maximum atomic E-state index is 13.1. The molecule has 0 aliphatic carbocycles. The van der Waals surface area contributed by atoms with E-state index in [2.05, 4.69) is 5.10 Å². The van der Waals surface area contributed by atoms with Crippen molar-refractivity contribution in [1.29, 1.82) is 0 Å². The highest BCUT2D eigenvalue weighted by Crippen LogP contribution is 2.31. The Bertz CT molecular complexity index is 1240. The van der Waals surface area contributed by atoms with Gasteiger partial charge >= 0.3 is 0 Å². The number of piperazine rings is 1. The Morgan fingerprint density at radius 1 is 1.03 bits per heavy atom. The smallest absolute Gasteiger partial charge is 0.292 e. The second-order valence-corrected chi connectivity index (χ2v) is 8.99. The van der Waals surface area contributed by atoms with Crippen molar-refractivity contribution in [1.82, 2.24) is 14.7 Å². The molecule has 2 aromatic carbocycles. The Morgan fingerprint density at radius 3 is 2.55 bits per heavy atom. The number of carbonyl (C=O) groups excluding carboxylic acids is 1. The number of hydrogen-bond donors (Lipinski definition) is 0. The zero-order valence-electron chi connectivity index (χ0n) is 17.8. The lowest BCUT2D eigenvalue weighted by molar-refractivity contribution is -0.137. The third-order valence-corrected chi connectivity index (χ3v) is 6.70. The van der Waals surface area contributed by atoms with E-state index in [9.17, 15) is 9.59 Å². The minimum atomic E-state index is -0.365. The average Bonchev–Trinajstić information content (AvgIpc) is 2.85. The molecule has 0 saturated carbocycles. The molecule has 1 atom stereocenters. The number of nitrogens with zero attached hydrogens (tertiary/aromatic N) is 4. The fraction of sp³-hybridized carbons (Fsp3) is 0.292. The van der Waals surface area contributed by atoms with Crippen LogP contribution in [0.25, 0.3) is 5.69 Å². The van der Waals surface area contributed by atoms with Gasteiger partial charge in [0.05, 0.1) is 23.5 Å². The van der Waals surface area contributed by atoms with Crippen molar-refractivity contribution in [2.24, 2.45) is 5.92 Å². The van der Waals surface area contributed by atoms with Crippen molar-refractivity contribution in [2.75, 3.05) is 37.7 Å². The largest absolute Gasteiger partial charge is 0.492 e. The van der Waals surface area contributed by atoms with Crippen LogP contribution in [0.3, 0.4) is 0 Å². The topological polar surface area (TPSA) is 67.7 Å². The molecule has 1 saturated heterocycles. The van der Waals surface area contributed by atoms with E-state index >= 15 is 0 Å². The molecule has 2 aliphatic rings. The van der Waals surface area contributed by atoms with Gasteiger partial charge in [0, 0.05) is 31.2 Å². The van der Waals surface area contributed by atoms with Crippen molar-refractivity contribution in [3.05, 3.63) is 80.7 Å². The summed E-state index contributed by atoms with van der Waals surface area (Å²) in [5.74, 6) is 0.632. The highest BCUT2D eigenvalue weighted by atomic mass is 35.5.